The largest absolute Gasteiger partial charge is 0.504 e. The molecule has 0 aliphatic carbocycles. The number of nitrogens with zero attached hydrogens (tertiary/aromatic N) is 1. The van der Waals surface area contributed by atoms with Crippen LogP contribution in [0.4, 0.5) is 0 Å². The van der Waals surface area contributed by atoms with Crippen LogP contribution in [0, 0.1) is 0 Å². The Morgan fingerprint density at radius 3 is 2.89 bits per heavy atom. The average Bonchev–Trinajstić information content (AvgIpc) is 2.46. The van der Waals surface area contributed by atoms with E-state index in [-0.39, 0.29) is 17.7 Å². The zero-order valence-corrected chi connectivity index (χ0v) is 11.3. The second kappa shape index (κ2) is 5.93. The second-order valence-corrected chi connectivity index (χ2v) is 4.80. The molecule has 0 radical (unpaired) electrons. The second-order valence-electron chi connectivity index (χ2n) is 4.80. The van der Waals surface area contributed by atoms with E-state index in [0.717, 1.165) is 25.9 Å². The van der Waals surface area contributed by atoms with E-state index in [0.29, 0.717) is 11.3 Å². The first-order valence-corrected chi connectivity index (χ1v) is 6.48. The van der Waals surface area contributed by atoms with Crippen molar-refractivity contribution in [1.29, 1.82) is 0 Å². The first kappa shape index (κ1) is 13.7. The summed E-state index contributed by atoms with van der Waals surface area (Å²) in [6.45, 7) is 1.84. The molecular weight excluding hydrogens is 244 g/mol. The molecule has 0 aromatic heterocycles. The van der Waals surface area contributed by atoms with E-state index in [1.807, 2.05) is 0 Å². The van der Waals surface area contributed by atoms with Gasteiger partial charge in [0.15, 0.2) is 11.5 Å². The molecule has 104 valence electrons. The van der Waals surface area contributed by atoms with Gasteiger partial charge in [-0.2, -0.15) is 0 Å². The van der Waals surface area contributed by atoms with E-state index >= 15 is 0 Å². The maximum atomic E-state index is 12.3. The van der Waals surface area contributed by atoms with Gasteiger partial charge in [0.2, 0.25) is 0 Å². The van der Waals surface area contributed by atoms with Crippen molar-refractivity contribution in [3.63, 3.8) is 0 Å². The zero-order valence-electron chi connectivity index (χ0n) is 11.3. The van der Waals surface area contributed by atoms with Gasteiger partial charge >= 0.3 is 0 Å². The van der Waals surface area contributed by atoms with E-state index in [4.69, 9.17) is 4.74 Å². The Morgan fingerprint density at radius 1 is 1.53 bits per heavy atom. The lowest BCUT2D eigenvalue weighted by Crippen LogP contribution is -2.46. The number of benzene rings is 1. The standard InChI is InChI=1S/C14H20N2O3/c1-16(11-4-3-7-15-9-11)14(18)10-5-6-13(19-2)12(17)8-10/h5-6,8,11,15,17H,3-4,7,9H2,1-2H3. The summed E-state index contributed by atoms with van der Waals surface area (Å²) in [5, 5.41) is 13.0. The predicted octanol–water partition coefficient (Wildman–Crippen LogP) is 1.22. The van der Waals surface area contributed by atoms with Crippen LogP contribution in [0.2, 0.25) is 0 Å². The fourth-order valence-electron chi connectivity index (χ4n) is 2.36. The lowest BCUT2D eigenvalue weighted by Gasteiger charge is -2.31. The highest BCUT2D eigenvalue weighted by atomic mass is 16.5. The minimum absolute atomic E-state index is 0.0106. The number of aromatic hydroxyl groups is 1. The predicted molar refractivity (Wildman–Crippen MR) is 72.6 cm³/mol. The highest BCUT2D eigenvalue weighted by molar-refractivity contribution is 5.95. The lowest BCUT2D eigenvalue weighted by molar-refractivity contribution is 0.0708. The fourth-order valence-corrected chi connectivity index (χ4v) is 2.36. The molecule has 5 nitrogen and oxygen atoms in total. The number of hydrogen-bond acceptors (Lipinski definition) is 4. The fraction of sp³-hybridized carbons (Fsp3) is 0.500. The smallest absolute Gasteiger partial charge is 0.254 e. The van der Waals surface area contributed by atoms with Crippen molar-refractivity contribution in [2.24, 2.45) is 0 Å². The molecule has 1 atom stereocenters. The number of amides is 1. The number of phenols is 1. The molecule has 1 aliphatic heterocycles. The third kappa shape index (κ3) is 2.98. The molecule has 5 heteroatoms. The van der Waals surface area contributed by atoms with Crippen molar-refractivity contribution >= 4 is 5.91 Å². The molecule has 0 saturated carbocycles. The Labute approximate surface area is 113 Å². The number of likely N-dealkylation sites (N-methyl/N-ethyl adjacent to an activating group) is 1. The molecule has 1 aromatic rings. The van der Waals surface area contributed by atoms with Gasteiger partial charge in [-0.05, 0) is 37.6 Å². The number of phenolic OH excluding ortho intramolecular Hbond substituents is 1. The monoisotopic (exact) mass is 264 g/mol. The summed E-state index contributed by atoms with van der Waals surface area (Å²) in [7, 11) is 3.29. The number of nitrogens with one attached hydrogen (secondary N) is 1. The van der Waals surface area contributed by atoms with Gasteiger partial charge in [-0.1, -0.05) is 0 Å². The van der Waals surface area contributed by atoms with Gasteiger partial charge in [0.1, 0.15) is 0 Å². The van der Waals surface area contributed by atoms with Gasteiger partial charge in [-0.3, -0.25) is 4.79 Å². The van der Waals surface area contributed by atoms with Crippen molar-refractivity contribution in [3.8, 4) is 11.5 Å². The molecule has 1 amide bonds. The Bertz CT molecular complexity index is 456. The molecule has 19 heavy (non-hydrogen) atoms. The highest BCUT2D eigenvalue weighted by Crippen LogP contribution is 2.27. The summed E-state index contributed by atoms with van der Waals surface area (Å²) in [4.78, 5) is 14.1. The maximum Gasteiger partial charge on any atom is 0.254 e. The number of methoxy groups -OCH3 is 1. The van der Waals surface area contributed by atoms with Crippen LogP contribution in [-0.2, 0) is 0 Å². The molecule has 2 rings (SSSR count). The van der Waals surface area contributed by atoms with Gasteiger partial charge < -0.3 is 20.1 Å². The van der Waals surface area contributed by atoms with Crippen molar-refractivity contribution < 1.29 is 14.6 Å². The Hall–Kier alpha value is -1.75. The Kier molecular flexibility index (Phi) is 4.27. The zero-order chi connectivity index (χ0) is 13.8. The third-order valence-electron chi connectivity index (χ3n) is 3.56. The Morgan fingerprint density at radius 2 is 2.32 bits per heavy atom. The summed E-state index contributed by atoms with van der Waals surface area (Å²) in [6.07, 6.45) is 2.09. The highest BCUT2D eigenvalue weighted by Gasteiger charge is 2.23. The summed E-state index contributed by atoms with van der Waals surface area (Å²) in [5.74, 6) is 0.286. The average molecular weight is 264 g/mol. The van der Waals surface area contributed by atoms with Crippen LogP contribution >= 0.6 is 0 Å². The molecule has 1 unspecified atom stereocenters. The third-order valence-corrected chi connectivity index (χ3v) is 3.56. The van der Waals surface area contributed by atoms with Crippen molar-refractivity contribution in [3.05, 3.63) is 23.8 Å². The van der Waals surface area contributed by atoms with Gasteiger partial charge in [-0.15, -0.1) is 0 Å². The van der Waals surface area contributed by atoms with Crippen LogP contribution in [0.25, 0.3) is 0 Å². The van der Waals surface area contributed by atoms with Gasteiger partial charge in [0.25, 0.3) is 5.91 Å². The first-order chi connectivity index (χ1) is 9.13. The molecule has 1 fully saturated rings. The molecule has 1 aliphatic rings. The number of rotatable bonds is 3. The summed E-state index contributed by atoms with van der Waals surface area (Å²) < 4.78 is 4.97. The number of carbonyl (C=O) groups is 1. The summed E-state index contributed by atoms with van der Waals surface area (Å²) in [6, 6.07) is 4.95. The minimum atomic E-state index is -0.0772. The van der Waals surface area contributed by atoms with E-state index in [9.17, 15) is 9.90 Å². The summed E-state index contributed by atoms with van der Waals surface area (Å²) >= 11 is 0. The normalized spacial score (nSPS) is 18.9. The van der Waals surface area contributed by atoms with Crippen LogP contribution in [0.1, 0.15) is 23.2 Å². The molecule has 0 spiro atoms. The van der Waals surface area contributed by atoms with E-state index < -0.39 is 0 Å². The number of piperidine rings is 1. The van der Waals surface area contributed by atoms with Crippen LogP contribution < -0.4 is 10.1 Å². The number of carbonyl (C=O) groups excluding carboxylic acids is 1. The molecule has 1 heterocycles. The molecule has 1 aromatic carbocycles. The first-order valence-electron chi connectivity index (χ1n) is 6.48. The van der Waals surface area contributed by atoms with Crippen molar-refractivity contribution in [1.82, 2.24) is 10.2 Å². The number of hydrogen-bond donors (Lipinski definition) is 2. The molecule has 1 saturated heterocycles. The van der Waals surface area contributed by atoms with Crippen molar-refractivity contribution in [2.75, 3.05) is 27.2 Å². The molecule has 0 bridgehead atoms. The van der Waals surface area contributed by atoms with Crippen LogP contribution in [0.5, 0.6) is 11.5 Å². The van der Waals surface area contributed by atoms with Crippen LogP contribution in [-0.4, -0.2) is 49.2 Å². The maximum absolute atomic E-state index is 12.3. The molecular formula is C14H20N2O3. The van der Waals surface area contributed by atoms with Gasteiger partial charge in [-0.25, -0.2) is 0 Å². The van der Waals surface area contributed by atoms with E-state index in [1.54, 1.807) is 24.1 Å². The number of ether oxygens (including phenoxy) is 1. The van der Waals surface area contributed by atoms with E-state index in [1.165, 1.54) is 13.2 Å². The lowest BCUT2D eigenvalue weighted by atomic mass is 10.1. The van der Waals surface area contributed by atoms with Gasteiger partial charge in [0.05, 0.1) is 7.11 Å². The van der Waals surface area contributed by atoms with E-state index in [2.05, 4.69) is 5.32 Å². The summed E-state index contributed by atoms with van der Waals surface area (Å²) in [5.41, 5.74) is 0.478. The van der Waals surface area contributed by atoms with Gasteiger partial charge in [0, 0.05) is 25.2 Å². The minimum Gasteiger partial charge on any atom is -0.504 e. The molecule has 2 N–H and O–H groups in total. The topological polar surface area (TPSA) is 61.8 Å². The quantitative estimate of drug-likeness (QED) is 0.862. The Balaban J connectivity index is 2.12. The SMILES string of the molecule is COc1ccc(C(=O)N(C)C2CCCNC2)cc1O. The van der Waals surface area contributed by atoms with Crippen molar-refractivity contribution in [2.45, 2.75) is 18.9 Å². The van der Waals surface area contributed by atoms with Crippen LogP contribution in [0.15, 0.2) is 18.2 Å². The van der Waals surface area contributed by atoms with Crippen LogP contribution in [0.3, 0.4) is 0 Å².